The molecule has 1 saturated heterocycles. The molecule has 0 aliphatic carbocycles. The van der Waals surface area contributed by atoms with Crippen LogP contribution < -0.4 is 0 Å². The van der Waals surface area contributed by atoms with Gasteiger partial charge in [-0.1, -0.05) is 13.8 Å². The fraction of sp³-hybridized carbons (Fsp3) is 1.00. The van der Waals surface area contributed by atoms with Gasteiger partial charge in [0.05, 0.1) is 0 Å². The number of hydrogen-bond donors (Lipinski definition) is 1. The van der Waals surface area contributed by atoms with Crippen LogP contribution in [-0.2, 0) is 0 Å². The average Bonchev–Trinajstić information content (AvgIpc) is 1.98. The number of rotatable bonds is 2. The van der Waals surface area contributed by atoms with Gasteiger partial charge in [0, 0.05) is 11.8 Å². The van der Waals surface area contributed by atoms with E-state index >= 15 is 0 Å². The van der Waals surface area contributed by atoms with Crippen molar-refractivity contribution < 1.29 is 0 Å². The van der Waals surface area contributed by atoms with Crippen molar-refractivity contribution >= 4 is 12.6 Å². The summed E-state index contributed by atoms with van der Waals surface area (Å²) in [5, 5.41) is 0.607. The molecule has 2 heteroatoms. The molecule has 0 aromatic rings. The first kappa shape index (κ1) is 9.40. The fourth-order valence-electron chi connectivity index (χ4n) is 1.63. The van der Waals surface area contributed by atoms with Crippen LogP contribution >= 0.6 is 12.6 Å². The second-order valence-corrected chi connectivity index (χ2v) is 4.30. The summed E-state index contributed by atoms with van der Waals surface area (Å²) >= 11 is 4.57. The molecule has 1 aliphatic heterocycles. The summed E-state index contributed by atoms with van der Waals surface area (Å²) in [6, 6.07) is 0. The molecule has 0 spiro atoms. The van der Waals surface area contributed by atoms with E-state index < -0.39 is 0 Å². The molecule has 11 heavy (non-hydrogen) atoms. The van der Waals surface area contributed by atoms with Crippen molar-refractivity contribution in [3.63, 3.8) is 0 Å². The maximum Gasteiger partial charge on any atom is 0.0170 e. The van der Waals surface area contributed by atoms with Gasteiger partial charge in [0.2, 0.25) is 0 Å². The Morgan fingerprint density at radius 2 is 2.27 bits per heavy atom. The second kappa shape index (κ2) is 4.36. The summed E-state index contributed by atoms with van der Waals surface area (Å²) in [6.07, 6.45) is 2.60. The molecule has 1 nitrogen and oxygen atoms in total. The summed E-state index contributed by atoms with van der Waals surface area (Å²) in [5.74, 6) is 0.812. The first-order chi connectivity index (χ1) is 5.24. The van der Waals surface area contributed by atoms with Crippen LogP contribution in [0, 0.1) is 5.92 Å². The third-order valence-corrected chi connectivity index (χ3v) is 3.21. The van der Waals surface area contributed by atoms with Crippen molar-refractivity contribution in [3.05, 3.63) is 0 Å². The first-order valence-corrected chi connectivity index (χ1v) is 5.16. The molecule has 0 aromatic heterocycles. The van der Waals surface area contributed by atoms with Crippen molar-refractivity contribution in [2.24, 2.45) is 5.92 Å². The van der Waals surface area contributed by atoms with E-state index in [1.165, 1.54) is 32.5 Å². The number of nitrogens with zero attached hydrogens (tertiary/aromatic N) is 1. The summed E-state index contributed by atoms with van der Waals surface area (Å²) in [6.45, 7) is 8.28. The third kappa shape index (κ3) is 2.68. The van der Waals surface area contributed by atoms with E-state index in [-0.39, 0.29) is 0 Å². The Kier molecular flexibility index (Phi) is 3.73. The lowest BCUT2D eigenvalue weighted by molar-refractivity contribution is 0.200. The molecular weight excluding hydrogens is 154 g/mol. The summed E-state index contributed by atoms with van der Waals surface area (Å²) in [7, 11) is 0. The van der Waals surface area contributed by atoms with Crippen LogP contribution in [0.5, 0.6) is 0 Å². The normalized spacial score (nSPS) is 34.1. The van der Waals surface area contributed by atoms with Crippen LogP contribution in [0.4, 0.5) is 0 Å². The molecule has 0 saturated carbocycles. The van der Waals surface area contributed by atoms with Gasteiger partial charge in [0.1, 0.15) is 0 Å². The quantitative estimate of drug-likeness (QED) is 0.625. The van der Waals surface area contributed by atoms with Crippen LogP contribution in [0.15, 0.2) is 0 Å². The number of piperidine rings is 1. The van der Waals surface area contributed by atoms with E-state index in [1.807, 2.05) is 0 Å². The molecule has 0 N–H and O–H groups in total. The van der Waals surface area contributed by atoms with Gasteiger partial charge in [-0.25, -0.2) is 0 Å². The maximum absolute atomic E-state index is 4.57. The van der Waals surface area contributed by atoms with Crippen LogP contribution in [-0.4, -0.2) is 29.8 Å². The van der Waals surface area contributed by atoms with Gasteiger partial charge in [0.15, 0.2) is 0 Å². The molecule has 1 rings (SSSR count). The summed E-state index contributed by atoms with van der Waals surface area (Å²) in [5.41, 5.74) is 0. The van der Waals surface area contributed by atoms with Crippen molar-refractivity contribution in [1.29, 1.82) is 0 Å². The van der Waals surface area contributed by atoms with E-state index in [1.54, 1.807) is 0 Å². The number of thiol groups is 1. The Bertz CT molecular complexity index is 116. The van der Waals surface area contributed by atoms with E-state index in [0.29, 0.717) is 5.25 Å². The maximum atomic E-state index is 4.57. The van der Waals surface area contributed by atoms with Gasteiger partial charge in [-0.05, 0) is 31.8 Å². The molecule has 1 fully saturated rings. The SMILES string of the molecule is CCCN1CC[C@H](C)[C@H](S)C1. The van der Waals surface area contributed by atoms with Gasteiger partial charge in [-0.15, -0.1) is 0 Å². The monoisotopic (exact) mass is 173 g/mol. The van der Waals surface area contributed by atoms with E-state index in [2.05, 4.69) is 31.4 Å². The fourth-order valence-corrected chi connectivity index (χ4v) is 2.01. The standard InChI is InChI=1S/C9H19NS/c1-3-5-10-6-4-8(2)9(11)7-10/h8-9,11H,3-7H2,1-2H3/t8-,9+/m0/s1. The Morgan fingerprint density at radius 3 is 2.82 bits per heavy atom. The van der Waals surface area contributed by atoms with Crippen molar-refractivity contribution in [1.82, 2.24) is 4.90 Å². The lowest BCUT2D eigenvalue weighted by Crippen LogP contribution is -2.40. The number of likely N-dealkylation sites (tertiary alicyclic amines) is 1. The van der Waals surface area contributed by atoms with E-state index in [4.69, 9.17) is 0 Å². The van der Waals surface area contributed by atoms with Gasteiger partial charge in [-0.3, -0.25) is 0 Å². The van der Waals surface area contributed by atoms with Gasteiger partial charge in [-0.2, -0.15) is 12.6 Å². The van der Waals surface area contributed by atoms with Gasteiger partial charge >= 0.3 is 0 Å². The molecule has 1 aliphatic rings. The van der Waals surface area contributed by atoms with Crippen LogP contribution in [0.1, 0.15) is 26.7 Å². The molecular formula is C9H19NS. The van der Waals surface area contributed by atoms with Crippen LogP contribution in [0.3, 0.4) is 0 Å². The Hall–Kier alpha value is 0.310. The van der Waals surface area contributed by atoms with Crippen molar-refractivity contribution in [2.45, 2.75) is 31.9 Å². The third-order valence-electron chi connectivity index (χ3n) is 2.54. The van der Waals surface area contributed by atoms with Gasteiger partial charge < -0.3 is 4.90 Å². The Morgan fingerprint density at radius 1 is 1.55 bits per heavy atom. The van der Waals surface area contributed by atoms with Crippen molar-refractivity contribution in [2.75, 3.05) is 19.6 Å². The zero-order valence-electron chi connectivity index (χ0n) is 7.58. The highest BCUT2D eigenvalue weighted by Gasteiger charge is 2.22. The second-order valence-electron chi connectivity index (χ2n) is 3.63. The smallest absolute Gasteiger partial charge is 0.0170 e. The predicted molar refractivity (Wildman–Crippen MR) is 53.3 cm³/mol. The minimum absolute atomic E-state index is 0.607. The Labute approximate surface area is 75.6 Å². The van der Waals surface area contributed by atoms with E-state index in [9.17, 15) is 0 Å². The molecule has 0 bridgehead atoms. The van der Waals surface area contributed by atoms with E-state index in [0.717, 1.165) is 5.92 Å². The highest BCUT2D eigenvalue weighted by atomic mass is 32.1. The molecule has 0 radical (unpaired) electrons. The molecule has 0 amide bonds. The lowest BCUT2D eigenvalue weighted by atomic mass is 9.98. The zero-order valence-corrected chi connectivity index (χ0v) is 8.48. The highest BCUT2D eigenvalue weighted by molar-refractivity contribution is 7.81. The minimum Gasteiger partial charge on any atom is -0.302 e. The topological polar surface area (TPSA) is 3.24 Å². The first-order valence-electron chi connectivity index (χ1n) is 4.64. The lowest BCUT2D eigenvalue weighted by Gasteiger charge is -2.34. The molecule has 1 heterocycles. The largest absolute Gasteiger partial charge is 0.302 e. The predicted octanol–water partition coefficient (Wildman–Crippen LogP) is 2.04. The highest BCUT2D eigenvalue weighted by Crippen LogP contribution is 2.21. The summed E-state index contributed by atoms with van der Waals surface area (Å²) in [4.78, 5) is 2.53. The average molecular weight is 173 g/mol. The molecule has 0 aromatic carbocycles. The Balaban J connectivity index is 2.28. The van der Waals surface area contributed by atoms with Crippen LogP contribution in [0.2, 0.25) is 0 Å². The molecule has 66 valence electrons. The van der Waals surface area contributed by atoms with Crippen molar-refractivity contribution in [3.8, 4) is 0 Å². The minimum atomic E-state index is 0.607. The number of hydrogen-bond acceptors (Lipinski definition) is 2. The summed E-state index contributed by atoms with van der Waals surface area (Å²) < 4.78 is 0. The van der Waals surface area contributed by atoms with Gasteiger partial charge in [0.25, 0.3) is 0 Å². The molecule has 2 atom stereocenters. The zero-order chi connectivity index (χ0) is 8.27. The molecule has 0 unspecified atom stereocenters. The van der Waals surface area contributed by atoms with Crippen LogP contribution in [0.25, 0.3) is 0 Å².